The van der Waals surface area contributed by atoms with Crippen molar-refractivity contribution in [3.8, 4) is 0 Å². The molecule has 0 fully saturated rings. The van der Waals surface area contributed by atoms with E-state index in [0.717, 1.165) is 17.6 Å². The van der Waals surface area contributed by atoms with Crippen molar-refractivity contribution in [2.75, 3.05) is 7.11 Å². The monoisotopic (exact) mass is 266 g/mol. The second kappa shape index (κ2) is 6.60. The quantitative estimate of drug-likeness (QED) is 0.599. The number of esters is 1. The Balaban J connectivity index is 3.20. The summed E-state index contributed by atoms with van der Waals surface area (Å²) in [5.41, 5.74) is 2.71. The van der Waals surface area contributed by atoms with E-state index in [4.69, 9.17) is 16.3 Å². The molecule has 0 aliphatic heterocycles. The van der Waals surface area contributed by atoms with E-state index in [1.54, 1.807) is 6.92 Å². The van der Waals surface area contributed by atoms with E-state index in [1.807, 2.05) is 24.3 Å². The fourth-order valence-corrected chi connectivity index (χ4v) is 1.95. The molecule has 0 bridgehead atoms. The molecule has 0 unspecified atom stereocenters. The van der Waals surface area contributed by atoms with Crippen LogP contribution in [-0.2, 0) is 9.53 Å². The minimum absolute atomic E-state index is 0.277. The van der Waals surface area contributed by atoms with Crippen LogP contribution in [0.3, 0.4) is 0 Å². The Labute approximate surface area is 114 Å². The van der Waals surface area contributed by atoms with Crippen LogP contribution in [0.15, 0.2) is 29.8 Å². The fourth-order valence-electron chi connectivity index (χ4n) is 1.82. The van der Waals surface area contributed by atoms with E-state index in [2.05, 4.69) is 13.8 Å². The third-order valence-electron chi connectivity index (χ3n) is 2.75. The van der Waals surface area contributed by atoms with Gasteiger partial charge in [0, 0.05) is 10.6 Å². The van der Waals surface area contributed by atoms with Gasteiger partial charge in [0.15, 0.2) is 0 Å². The maximum atomic E-state index is 11.7. The van der Waals surface area contributed by atoms with Crippen LogP contribution in [0, 0.1) is 5.92 Å². The number of methoxy groups -OCH3 is 1. The zero-order chi connectivity index (χ0) is 13.7. The summed E-state index contributed by atoms with van der Waals surface area (Å²) in [4.78, 5) is 11.7. The third-order valence-corrected chi connectivity index (χ3v) is 3.00. The predicted molar refractivity (Wildman–Crippen MR) is 75.5 cm³/mol. The van der Waals surface area contributed by atoms with Gasteiger partial charge in [-0.25, -0.2) is 4.79 Å². The van der Waals surface area contributed by atoms with Gasteiger partial charge < -0.3 is 4.74 Å². The first-order valence-corrected chi connectivity index (χ1v) is 6.37. The summed E-state index contributed by atoms with van der Waals surface area (Å²) in [5, 5.41) is 0.693. The Hall–Kier alpha value is -1.28. The first-order valence-electron chi connectivity index (χ1n) is 5.99. The average Bonchev–Trinajstić information content (AvgIpc) is 2.35. The van der Waals surface area contributed by atoms with Crippen LogP contribution in [0.25, 0.3) is 5.57 Å². The van der Waals surface area contributed by atoms with Crippen LogP contribution in [0.1, 0.15) is 32.8 Å². The van der Waals surface area contributed by atoms with Gasteiger partial charge in [-0.3, -0.25) is 0 Å². The second-order valence-corrected chi connectivity index (χ2v) is 5.14. The second-order valence-electron chi connectivity index (χ2n) is 4.70. The van der Waals surface area contributed by atoms with Crippen molar-refractivity contribution in [2.24, 2.45) is 5.92 Å². The van der Waals surface area contributed by atoms with Gasteiger partial charge in [0.05, 0.1) is 7.11 Å². The zero-order valence-electron chi connectivity index (χ0n) is 11.3. The van der Waals surface area contributed by atoms with Crippen molar-refractivity contribution >= 4 is 23.1 Å². The van der Waals surface area contributed by atoms with Gasteiger partial charge in [-0.2, -0.15) is 0 Å². The molecule has 0 aromatic heterocycles. The molecule has 0 radical (unpaired) electrons. The normalized spacial score (nSPS) is 12.3. The van der Waals surface area contributed by atoms with Crippen molar-refractivity contribution in [3.63, 3.8) is 0 Å². The highest BCUT2D eigenvalue weighted by molar-refractivity contribution is 6.30. The lowest BCUT2D eigenvalue weighted by Gasteiger charge is -2.14. The van der Waals surface area contributed by atoms with E-state index < -0.39 is 0 Å². The van der Waals surface area contributed by atoms with Gasteiger partial charge in [0.2, 0.25) is 0 Å². The molecule has 0 saturated heterocycles. The molecular weight excluding hydrogens is 248 g/mol. The first-order chi connectivity index (χ1) is 8.45. The van der Waals surface area contributed by atoms with E-state index >= 15 is 0 Å². The number of rotatable bonds is 4. The Morgan fingerprint density at radius 1 is 1.28 bits per heavy atom. The summed E-state index contributed by atoms with van der Waals surface area (Å²) in [7, 11) is 1.40. The van der Waals surface area contributed by atoms with Gasteiger partial charge in [0.1, 0.15) is 0 Å². The van der Waals surface area contributed by atoms with Gasteiger partial charge in [-0.1, -0.05) is 37.6 Å². The minimum Gasteiger partial charge on any atom is -0.466 e. The summed E-state index contributed by atoms with van der Waals surface area (Å²) in [6.45, 7) is 6.05. The molecule has 1 aromatic rings. The van der Waals surface area contributed by atoms with Crippen LogP contribution in [0.4, 0.5) is 0 Å². The van der Waals surface area contributed by atoms with Crippen LogP contribution in [-0.4, -0.2) is 13.1 Å². The number of hydrogen-bond acceptors (Lipinski definition) is 2. The molecule has 3 heteroatoms. The van der Waals surface area contributed by atoms with Crippen molar-refractivity contribution in [2.45, 2.75) is 27.2 Å². The van der Waals surface area contributed by atoms with Gasteiger partial charge in [-0.05, 0) is 42.5 Å². The molecule has 0 amide bonds. The summed E-state index contributed by atoms with van der Waals surface area (Å²) < 4.78 is 4.80. The summed E-state index contributed by atoms with van der Waals surface area (Å²) in [6, 6.07) is 7.54. The molecule has 18 heavy (non-hydrogen) atoms. The predicted octanol–water partition coefficient (Wildman–Crippen LogP) is 4.33. The number of carbonyl (C=O) groups is 1. The number of halogens is 1. The Morgan fingerprint density at radius 3 is 2.28 bits per heavy atom. The zero-order valence-corrected chi connectivity index (χ0v) is 12.0. The number of ether oxygens (including phenoxy) is 1. The summed E-state index contributed by atoms with van der Waals surface area (Å²) in [5.74, 6) is 0.191. The highest BCUT2D eigenvalue weighted by atomic mass is 35.5. The highest BCUT2D eigenvalue weighted by Crippen LogP contribution is 2.27. The molecule has 98 valence electrons. The van der Waals surface area contributed by atoms with Crippen LogP contribution in [0.5, 0.6) is 0 Å². The summed E-state index contributed by atoms with van der Waals surface area (Å²) >= 11 is 5.88. The van der Waals surface area contributed by atoms with Crippen LogP contribution in [0.2, 0.25) is 5.02 Å². The molecule has 1 rings (SSSR count). The van der Waals surface area contributed by atoms with Gasteiger partial charge in [-0.15, -0.1) is 0 Å². The molecule has 2 nitrogen and oxygen atoms in total. The Bertz CT molecular complexity index is 444. The van der Waals surface area contributed by atoms with E-state index in [-0.39, 0.29) is 5.97 Å². The SMILES string of the molecule is COC(=O)C(C)=C(CC(C)C)c1ccc(Cl)cc1. The van der Waals surface area contributed by atoms with Crippen LogP contribution < -0.4 is 0 Å². The molecule has 0 saturated carbocycles. The molecule has 1 aromatic carbocycles. The summed E-state index contributed by atoms with van der Waals surface area (Å²) in [6.07, 6.45) is 0.836. The molecule has 0 aliphatic rings. The lowest BCUT2D eigenvalue weighted by atomic mass is 9.92. The lowest BCUT2D eigenvalue weighted by Crippen LogP contribution is -2.06. The number of allylic oxidation sites excluding steroid dienone is 1. The largest absolute Gasteiger partial charge is 0.466 e. The number of carbonyl (C=O) groups excluding carboxylic acids is 1. The molecule has 0 N–H and O–H groups in total. The van der Waals surface area contributed by atoms with Crippen molar-refractivity contribution in [1.82, 2.24) is 0 Å². The third kappa shape index (κ3) is 3.88. The fraction of sp³-hybridized carbons (Fsp3) is 0.400. The van der Waals surface area contributed by atoms with E-state index in [9.17, 15) is 4.79 Å². The average molecular weight is 267 g/mol. The topological polar surface area (TPSA) is 26.3 Å². The maximum absolute atomic E-state index is 11.7. The maximum Gasteiger partial charge on any atom is 0.333 e. The molecule has 0 spiro atoms. The number of benzene rings is 1. The van der Waals surface area contributed by atoms with Gasteiger partial charge >= 0.3 is 5.97 Å². The molecular formula is C15H19ClO2. The van der Waals surface area contributed by atoms with E-state index in [1.165, 1.54) is 7.11 Å². The molecule has 0 heterocycles. The Kier molecular flexibility index (Phi) is 5.42. The Morgan fingerprint density at radius 2 is 1.83 bits per heavy atom. The lowest BCUT2D eigenvalue weighted by molar-refractivity contribution is -0.135. The first kappa shape index (κ1) is 14.8. The molecule has 0 aliphatic carbocycles. The molecule has 0 atom stereocenters. The highest BCUT2D eigenvalue weighted by Gasteiger charge is 2.14. The van der Waals surface area contributed by atoms with Crippen molar-refractivity contribution in [1.29, 1.82) is 0 Å². The van der Waals surface area contributed by atoms with E-state index in [0.29, 0.717) is 16.5 Å². The standard InChI is InChI=1S/C15H19ClO2/c1-10(2)9-14(11(3)15(17)18-4)12-5-7-13(16)8-6-12/h5-8,10H,9H2,1-4H3. The van der Waals surface area contributed by atoms with Gasteiger partial charge in [0.25, 0.3) is 0 Å². The van der Waals surface area contributed by atoms with Crippen LogP contribution >= 0.6 is 11.6 Å². The minimum atomic E-state index is -0.277. The smallest absolute Gasteiger partial charge is 0.333 e. The van der Waals surface area contributed by atoms with Crippen molar-refractivity contribution < 1.29 is 9.53 Å². The number of hydrogen-bond donors (Lipinski definition) is 0. The van der Waals surface area contributed by atoms with Crippen molar-refractivity contribution in [3.05, 3.63) is 40.4 Å².